The fraction of sp³-hybridized carbons (Fsp3) is 0.400. The van der Waals surface area contributed by atoms with E-state index < -0.39 is 0 Å². The van der Waals surface area contributed by atoms with Crippen LogP contribution < -0.4 is 10.6 Å². The molecule has 0 fully saturated rings. The second-order valence-corrected chi connectivity index (χ2v) is 6.00. The monoisotopic (exact) mass is 304 g/mol. The molecule has 0 bridgehead atoms. The number of amides is 1. The number of thiazole rings is 1. The van der Waals surface area contributed by atoms with Crippen LogP contribution in [0, 0.1) is 5.92 Å². The van der Waals surface area contributed by atoms with E-state index in [-0.39, 0.29) is 5.91 Å². The van der Waals surface area contributed by atoms with Crippen LogP contribution in [0.4, 0.5) is 5.13 Å². The van der Waals surface area contributed by atoms with Crippen molar-refractivity contribution in [1.29, 1.82) is 0 Å². The molecule has 2 rings (SSSR count). The number of carbonyl (C=O) groups is 1. The van der Waals surface area contributed by atoms with Crippen molar-refractivity contribution in [2.75, 3.05) is 18.4 Å². The van der Waals surface area contributed by atoms with Crippen molar-refractivity contribution in [3.8, 4) is 0 Å². The number of rotatable bonds is 7. The van der Waals surface area contributed by atoms with E-state index in [1.165, 1.54) is 11.3 Å². The maximum Gasteiger partial charge on any atom is 0.270 e. The first-order valence-electron chi connectivity index (χ1n) is 7.02. The van der Waals surface area contributed by atoms with Crippen LogP contribution in [0.5, 0.6) is 0 Å². The minimum Gasteiger partial charge on any atom is -0.361 e. The number of anilines is 1. The first-order chi connectivity index (χ1) is 10.1. The Kier molecular flexibility index (Phi) is 5.68. The lowest BCUT2D eigenvalue weighted by Gasteiger charge is -2.05. The van der Waals surface area contributed by atoms with Crippen LogP contribution in [0.3, 0.4) is 0 Å². The third-order valence-corrected chi connectivity index (χ3v) is 3.59. The van der Waals surface area contributed by atoms with Crippen molar-refractivity contribution in [1.82, 2.24) is 15.3 Å². The van der Waals surface area contributed by atoms with E-state index in [1.807, 2.05) is 18.2 Å². The normalized spacial score (nSPS) is 10.6. The molecule has 0 aromatic carbocycles. The van der Waals surface area contributed by atoms with Crippen LogP contribution in [0.15, 0.2) is 29.8 Å². The van der Waals surface area contributed by atoms with Gasteiger partial charge in [-0.05, 0) is 18.1 Å². The van der Waals surface area contributed by atoms with Gasteiger partial charge in [0.2, 0.25) is 0 Å². The molecule has 2 aromatic heterocycles. The molecular weight excluding hydrogens is 284 g/mol. The minimum absolute atomic E-state index is 0.139. The molecule has 0 saturated carbocycles. The average molecular weight is 304 g/mol. The van der Waals surface area contributed by atoms with Gasteiger partial charge in [-0.1, -0.05) is 19.9 Å². The van der Waals surface area contributed by atoms with Crippen LogP contribution in [-0.2, 0) is 6.42 Å². The fourth-order valence-electron chi connectivity index (χ4n) is 1.69. The molecule has 0 aliphatic carbocycles. The Labute approximate surface area is 128 Å². The van der Waals surface area contributed by atoms with Crippen molar-refractivity contribution in [3.63, 3.8) is 0 Å². The zero-order valence-electron chi connectivity index (χ0n) is 12.3. The highest BCUT2D eigenvalue weighted by Gasteiger charge is 2.10. The highest BCUT2D eigenvalue weighted by atomic mass is 32.1. The Bertz CT molecular complexity index is 568. The number of aromatic nitrogens is 2. The van der Waals surface area contributed by atoms with Gasteiger partial charge in [0.1, 0.15) is 5.69 Å². The lowest BCUT2D eigenvalue weighted by atomic mass is 10.2. The second kappa shape index (κ2) is 7.73. The molecule has 0 atom stereocenters. The van der Waals surface area contributed by atoms with Gasteiger partial charge in [-0.2, -0.15) is 0 Å². The zero-order valence-corrected chi connectivity index (χ0v) is 13.1. The maximum atomic E-state index is 12.0. The summed E-state index contributed by atoms with van der Waals surface area (Å²) >= 11 is 1.45. The summed E-state index contributed by atoms with van der Waals surface area (Å²) in [6.45, 7) is 5.67. The highest BCUT2D eigenvalue weighted by molar-refractivity contribution is 7.13. The van der Waals surface area contributed by atoms with E-state index in [1.54, 1.807) is 11.6 Å². The lowest BCUT2D eigenvalue weighted by molar-refractivity contribution is 0.0950. The molecule has 0 radical (unpaired) electrons. The standard InChI is InChI=1S/C15H20N4OS/c1-11(2)9-18-15-19-13(10-21-15)14(20)17-8-6-12-5-3-4-7-16-12/h3-5,7,10-11H,6,8-9H2,1-2H3,(H,17,20)(H,18,19). The van der Waals surface area contributed by atoms with Crippen molar-refractivity contribution in [2.45, 2.75) is 20.3 Å². The number of nitrogens with one attached hydrogen (secondary N) is 2. The van der Waals surface area contributed by atoms with Crippen LogP contribution in [-0.4, -0.2) is 29.0 Å². The summed E-state index contributed by atoms with van der Waals surface area (Å²) in [6, 6.07) is 5.77. The van der Waals surface area contributed by atoms with E-state index in [2.05, 4.69) is 34.4 Å². The predicted octanol–water partition coefficient (Wildman–Crippen LogP) is 2.58. The predicted molar refractivity (Wildman–Crippen MR) is 85.7 cm³/mol. The van der Waals surface area contributed by atoms with Gasteiger partial charge in [0.25, 0.3) is 5.91 Å². The quantitative estimate of drug-likeness (QED) is 0.825. The maximum absolute atomic E-state index is 12.0. The molecule has 0 spiro atoms. The van der Waals surface area contributed by atoms with Crippen molar-refractivity contribution < 1.29 is 4.79 Å². The first-order valence-corrected chi connectivity index (χ1v) is 7.90. The smallest absolute Gasteiger partial charge is 0.270 e. The SMILES string of the molecule is CC(C)CNc1nc(C(=O)NCCc2ccccn2)cs1. The molecular formula is C15H20N4OS. The molecule has 2 N–H and O–H groups in total. The fourth-order valence-corrected chi connectivity index (χ4v) is 2.39. The van der Waals surface area contributed by atoms with Crippen LogP contribution in [0.25, 0.3) is 0 Å². The van der Waals surface area contributed by atoms with Gasteiger partial charge < -0.3 is 10.6 Å². The van der Waals surface area contributed by atoms with E-state index in [4.69, 9.17) is 0 Å². The van der Waals surface area contributed by atoms with Gasteiger partial charge in [-0.3, -0.25) is 9.78 Å². The Balaban J connectivity index is 1.78. The van der Waals surface area contributed by atoms with Gasteiger partial charge in [0.05, 0.1) is 0 Å². The van der Waals surface area contributed by atoms with Crippen LogP contribution >= 0.6 is 11.3 Å². The number of nitrogens with zero attached hydrogens (tertiary/aromatic N) is 2. The Morgan fingerprint density at radius 3 is 2.95 bits per heavy atom. The van der Waals surface area contributed by atoms with Crippen molar-refractivity contribution in [2.24, 2.45) is 5.92 Å². The lowest BCUT2D eigenvalue weighted by Crippen LogP contribution is -2.26. The molecule has 0 aliphatic heterocycles. The van der Waals surface area contributed by atoms with Gasteiger partial charge in [0, 0.05) is 36.8 Å². The minimum atomic E-state index is -0.139. The summed E-state index contributed by atoms with van der Waals surface area (Å²) in [5.74, 6) is 0.407. The molecule has 6 heteroatoms. The topological polar surface area (TPSA) is 66.9 Å². The molecule has 2 heterocycles. The highest BCUT2D eigenvalue weighted by Crippen LogP contribution is 2.15. The number of hydrogen-bond acceptors (Lipinski definition) is 5. The number of carbonyl (C=O) groups excluding carboxylic acids is 1. The summed E-state index contributed by atoms with van der Waals surface area (Å²) in [5.41, 5.74) is 1.43. The molecule has 2 aromatic rings. The van der Waals surface area contributed by atoms with E-state index >= 15 is 0 Å². The summed E-state index contributed by atoms with van der Waals surface area (Å²) in [7, 11) is 0. The van der Waals surface area contributed by atoms with Crippen molar-refractivity contribution in [3.05, 3.63) is 41.2 Å². The van der Waals surface area contributed by atoms with Gasteiger partial charge >= 0.3 is 0 Å². The number of hydrogen-bond donors (Lipinski definition) is 2. The molecule has 21 heavy (non-hydrogen) atoms. The molecule has 112 valence electrons. The first kappa shape index (κ1) is 15.4. The summed E-state index contributed by atoms with van der Waals surface area (Å²) in [5, 5.41) is 8.65. The van der Waals surface area contributed by atoms with E-state index in [9.17, 15) is 4.79 Å². The van der Waals surface area contributed by atoms with Crippen LogP contribution in [0.1, 0.15) is 30.0 Å². The van der Waals surface area contributed by atoms with E-state index in [0.29, 0.717) is 18.2 Å². The van der Waals surface area contributed by atoms with Gasteiger partial charge in [-0.15, -0.1) is 11.3 Å². The summed E-state index contributed by atoms with van der Waals surface area (Å²) in [4.78, 5) is 20.5. The molecule has 0 unspecified atom stereocenters. The summed E-state index contributed by atoms with van der Waals surface area (Å²) < 4.78 is 0. The Morgan fingerprint density at radius 2 is 2.24 bits per heavy atom. The van der Waals surface area contributed by atoms with Crippen molar-refractivity contribution >= 4 is 22.4 Å². The van der Waals surface area contributed by atoms with Gasteiger partial charge in [-0.25, -0.2) is 4.98 Å². The molecule has 0 aliphatic rings. The largest absolute Gasteiger partial charge is 0.361 e. The molecule has 5 nitrogen and oxygen atoms in total. The van der Waals surface area contributed by atoms with E-state index in [0.717, 1.165) is 23.8 Å². The third-order valence-electron chi connectivity index (χ3n) is 2.79. The van der Waals surface area contributed by atoms with Gasteiger partial charge in [0.15, 0.2) is 5.13 Å². The number of pyridine rings is 1. The summed E-state index contributed by atoms with van der Waals surface area (Å²) in [6.07, 6.45) is 2.47. The third kappa shape index (κ3) is 5.15. The molecule has 0 saturated heterocycles. The zero-order chi connectivity index (χ0) is 15.1. The Hall–Kier alpha value is -1.95. The average Bonchev–Trinajstić information content (AvgIpc) is 2.95. The molecule has 1 amide bonds. The Morgan fingerprint density at radius 1 is 1.38 bits per heavy atom. The van der Waals surface area contributed by atoms with Crippen LogP contribution in [0.2, 0.25) is 0 Å². The second-order valence-electron chi connectivity index (χ2n) is 5.14.